The molecule has 1 heterocycles. The van der Waals surface area contributed by atoms with Gasteiger partial charge in [0, 0.05) is 17.7 Å². The van der Waals surface area contributed by atoms with E-state index in [1.54, 1.807) is 36.4 Å². The van der Waals surface area contributed by atoms with Gasteiger partial charge in [-0.05, 0) is 36.4 Å². The van der Waals surface area contributed by atoms with E-state index < -0.39 is 10.8 Å². The molecule has 0 radical (unpaired) electrons. The molecule has 3 aromatic rings. The average Bonchev–Trinajstić information content (AvgIpc) is 3.09. The molecule has 0 fully saturated rings. The highest BCUT2D eigenvalue weighted by atomic mass is 35.5. The summed E-state index contributed by atoms with van der Waals surface area (Å²) in [5.41, 5.74) is 0.960. The molecule has 0 bridgehead atoms. The molecular weight excluding hydrogens is 367 g/mol. The van der Waals surface area contributed by atoms with Crippen molar-refractivity contribution >= 4 is 40.5 Å². The number of nitro benzene ring substituents is 1. The van der Waals surface area contributed by atoms with Crippen molar-refractivity contribution in [1.29, 1.82) is 0 Å². The van der Waals surface area contributed by atoms with Gasteiger partial charge in [0.1, 0.15) is 5.76 Å². The molecule has 0 spiro atoms. The van der Waals surface area contributed by atoms with Gasteiger partial charge >= 0.3 is 0 Å². The molecule has 3 rings (SSSR count). The Morgan fingerprint density at radius 1 is 1.04 bits per heavy atom. The Hall–Kier alpha value is -2.83. The van der Waals surface area contributed by atoms with E-state index in [2.05, 4.69) is 5.32 Å². The third kappa shape index (κ3) is 3.65. The van der Waals surface area contributed by atoms with E-state index in [1.807, 2.05) is 0 Å². The van der Waals surface area contributed by atoms with Crippen LogP contribution in [0.15, 0.2) is 59.0 Å². The van der Waals surface area contributed by atoms with Crippen LogP contribution in [0.3, 0.4) is 0 Å². The first-order valence-corrected chi connectivity index (χ1v) is 7.81. The first kappa shape index (κ1) is 17.0. The van der Waals surface area contributed by atoms with Gasteiger partial charge in [0.2, 0.25) is 0 Å². The Bertz CT molecular complexity index is 952. The first-order chi connectivity index (χ1) is 12.0. The fourth-order valence-electron chi connectivity index (χ4n) is 2.15. The second-order valence-corrected chi connectivity index (χ2v) is 5.81. The minimum Gasteiger partial charge on any atom is -0.451 e. The molecule has 0 unspecified atom stereocenters. The summed E-state index contributed by atoms with van der Waals surface area (Å²) in [5.74, 6) is -0.000961. The number of halogens is 2. The molecule has 126 valence electrons. The topological polar surface area (TPSA) is 85.4 Å². The fraction of sp³-hybridized carbons (Fsp3) is 0. The van der Waals surface area contributed by atoms with Crippen LogP contribution in [-0.2, 0) is 0 Å². The number of anilines is 1. The minimum absolute atomic E-state index is 0.0242. The summed E-state index contributed by atoms with van der Waals surface area (Å²) < 4.78 is 5.52. The number of carbonyl (C=O) groups is 1. The molecule has 0 saturated heterocycles. The van der Waals surface area contributed by atoms with Crippen molar-refractivity contribution in [3.8, 4) is 11.3 Å². The number of benzene rings is 2. The predicted octanol–water partition coefficient (Wildman–Crippen LogP) is 5.41. The lowest BCUT2D eigenvalue weighted by atomic mass is 10.1. The lowest BCUT2D eigenvalue weighted by Crippen LogP contribution is -2.11. The Labute approximate surface area is 152 Å². The van der Waals surface area contributed by atoms with Crippen LogP contribution in [0, 0.1) is 10.1 Å². The van der Waals surface area contributed by atoms with Crippen LogP contribution in [0.4, 0.5) is 11.4 Å². The number of carbonyl (C=O) groups excluding carboxylic acids is 1. The summed E-state index contributed by atoms with van der Waals surface area (Å²) in [6, 6.07) is 13.8. The van der Waals surface area contributed by atoms with E-state index in [9.17, 15) is 14.9 Å². The van der Waals surface area contributed by atoms with Gasteiger partial charge in [0.15, 0.2) is 5.76 Å². The van der Waals surface area contributed by atoms with Crippen LogP contribution >= 0.6 is 23.2 Å². The number of rotatable bonds is 4. The van der Waals surface area contributed by atoms with E-state index >= 15 is 0 Å². The minimum atomic E-state index is -0.489. The van der Waals surface area contributed by atoms with Gasteiger partial charge in [-0.1, -0.05) is 29.3 Å². The van der Waals surface area contributed by atoms with Crippen molar-refractivity contribution in [2.24, 2.45) is 0 Å². The van der Waals surface area contributed by atoms with Crippen molar-refractivity contribution in [3.05, 3.63) is 80.5 Å². The lowest BCUT2D eigenvalue weighted by molar-refractivity contribution is -0.384. The summed E-state index contributed by atoms with van der Waals surface area (Å²) in [5, 5.41) is 13.9. The van der Waals surface area contributed by atoms with Crippen molar-refractivity contribution in [3.63, 3.8) is 0 Å². The molecule has 2 aromatic carbocycles. The molecule has 1 N–H and O–H groups in total. The van der Waals surface area contributed by atoms with Gasteiger partial charge in [-0.3, -0.25) is 14.9 Å². The number of hydrogen-bond donors (Lipinski definition) is 1. The molecule has 0 aliphatic carbocycles. The Morgan fingerprint density at radius 3 is 2.44 bits per heavy atom. The largest absolute Gasteiger partial charge is 0.451 e. The van der Waals surface area contributed by atoms with Crippen LogP contribution < -0.4 is 5.32 Å². The van der Waals surface area contributed by atoms with Gasteiger partial charge in [-0.25, -0.2) is 0 Å². The number of nitrogens with one attached hydrogen (secondary N) is 1. The van der Waals surface area contributed by atoms with Gasteiger partial charge in [0.05, 0.1) is 20.7 Å². The van der Waals surface area contributed by atoms with E-state index in [0.717, 1.165) is 0 Å². The van der Waals surface area contributed by atoms with Crippen molar-refractivity contribution in [2.45, 2.75) is 0 Å². The quantitative estimate of drug-likeness (QED) is 0.486. The summed E-state index contributed by atoms with van der Waals surface area (Å²) in [7, 11) is 0. The zero-order valence-corrected chi connectivity index (χ0v) is 14.0. The highest BCUT2D eigenvalue weighted by Crippen LogP contribution is 2.30. The maximum atomic E-state index is 12.3. The maximum Gasteiger partial charge on any atom is 0.291 e. The fourth-order valence-corrected chi connectivity index (χ4v) is 2.49. The second-order valence-electron chi connectivity index (χ2n) is 5.02. The van der Waals surface area contributed by atoms with E-state index in [0.29, 0.717) is 22.0 Å². The SMILES string of the molecule is O=C(Nc1cccc(Cl)c1Cl)c1ccc(-c2ccc([N+](=O)[O-])cc2)o1. The second kappa shape index (κ2) is 6.96. The molecule has 25 heavy (non-hydrogen) atoms. The summed E-state index contributed by atoms with van der Waals surface area (Å²) >= 11 is 11.9. The standard InChI is InChI=1S/C17H10Cl2N2O4/c18-12-2-1-3-13(16(12)19)20-17(22)15-9-8-14(25-15)10-4-6-11(7-5-10)21(23)24/h1-9H,(H,20,22). The summed E-state index contributed by atoms with van der Waals surface area (Å²) in [4.78, 5) is 22.5. The summed E-state index contributed by atoms with van der Waals surface area (Å²) in [6.07, 6.45) is 0. The number of nitrogens with zero attached hydrogens (tertiary/aromatic N) is 1. The Morgan fingerprint density at radius 2 is 1.76 bits per heavy atom. The maximum absolute atomic E-state index is 12.3. The number of furan rings is 1. The molecule has 8 heteroatoms. The molecule has 6 nitrogen and oxygen atoms in total. The molecule has 0 aliphatic rings. The number of amides is 1. The van der Waals surface area contributed by atoms with Crippen LogP contribution in [0.1, 0.15) is 10.6 Å². The van der Waals surface area contributed by atoms with Crippen molar-refractivity contribution < 1.29 is 14.1 Å². The lowest BCUT2D eigenvalue weighted by Gasteiger charge is -2.06. The molecular formula is C17H10Cl2N2O4. The monoisotopic (exact) mass is 376 g/mol. The highest BCUT2D eigenvalue weighted by Gasteiger charge is 2.15. The van der Waals surface area contributed by atoms with Crippen LogP contribution in [0.25, 0.3) is 11.3 Å². The normalized spacial score (nSPS) is 10.5. The third-order valence-corrected chi connectivity index (χ3v) is 4.21. The van der Waals surface area contributed by atoms with Crippen LogP contribution in [0.2, 0.25) is 10.0 Å². The van der Waals surface area contributed by atoms with Crippen molar-refractivity contribution in [1.82, 2.24) is 0 Å². The zero-order valence-electron chi connectivity index (χ0n) is 12.5. The molecule has 0 saturated carbocycles. The average molecular weight is 377 g/mol. The van der Waals surface area contributed by atoms with E-state index in [-0.39, 0.29) is 16.5 Å². The summed E-state index contributed by atoms with van der Waals surface area (Å²) in [6.45, 7) is 0. The molecule has 0 atom stereocenters. The van der Waals surface area contributed by atoms with Crippen LogP contribution in [0.5, 0.6) is 0 Å². The number of non-ortho nitro benzene ring substituents is 1. The van der Waals surface area contributed by atoms with Gasteiger partial charge < -0.3 is 9.73 Å². The van der Waals surface area contributed by atoms with Gasteiger partial charge in [-0.2, -0.15) is 0 Å². The van der Waals surface area contributed by atoms with Crippen molar-refractivity contribution in [2.75, 3.05) is 5.32 Å². The van der Waals surface area contributed by atoms with E-state index in [4.69, 9.17) is 27.6 Å². The Balaban J connectivity index is 1.79. The molecule has 0 aliphatic heterocycles. The number of nitro groups is 1. The first-order valence-electron chi connectivity index (χ1n) is 7.06. The third-order valence-electron chi connectivity index (χ3n) is 3.39. The number of hydrogen-bond acceptors (Lipinski definition) is 4. The van der Waals surface area contributed by atoms with Gasteiger partial charge in [-0.15, -0.1) is 0 Å². The highest BCUT2D eigenvalue weighted by molar-refractivity contribution is 6.44. The van der Waals surface area contributed by atoms with Gasteiger partial charge in [0.25, 0.3) is 11.6 Å². The zero-order chi connectivity index (χ0) is 18.0. The Kier molecular flexibility index (Phi) is 4.74. The van der Waals surface area contributed by atoms with Crippen LogP contribution in [-0.4, -0.2) is 10.8 Å². The predicted molar refractivity (Wildman–Crippen MR) is 95.2 cm³/mol. The molecule has 1 amide bonds. The van der Waals surface area contributed by atoms with E-state index in [1.165, 1.54) is 18.2 Å². The molecule has 1 aromatic heterocycles. The smallest absolute Gasteiger partial charge is 0.291 e.